The minimum absolute atomic E-state index is 0.408. The summed E-state index contributed by atoms with van der Waals surface area (Å²) in [7, 11) is 0. The molecular formula is C13H19Cl2N. The zero-order valence-electron chi connectivity index (χ0n) is 10.1. The van der Waals surface area contributed by atoms with Crippen LogP contribution in [0.2, 0.25) is 10.0 Å². The fourth-order valence-corrected chi connectivity index (χ4v) is 2.21. The molecule has 1 nitrogen and oxygen atoms in total. The molecule has 0 aliphatic heterocycles. The van der Waals surface area contributed by atoms with Gasteiger partial charge in [-0.25, -0.2) is 0 Å². The highest BCUT2D eigenvalue weighted by Crippen LogP contribution is 2.34. The van der Waals surface area contributed by atoms with Crippen LogP contribution in [0.5, 0.6) is 0 Å². The van der Waals surface area contributed by atoms with E-state index in [1.165, 1.54) is 0 Å². The Morgan fingerprint density at radius 3 is 2.56 bits per heavy atom. The third-order valence-corrected chi connectivity index (χ3v) is 3.88. The summed E-state index contributed by atoms with van der Waals surface area (Å²) in [5, 5.41) is 4.69. The first-order chi connectivity index (χ1) is 7.57. The van der Waals surface area contributed by atoms with Crippen LogP contribution in [0.15, 0.2) is 18.2 Å². The normalized spacial score (nSPS) is 14.8. The smallest absolute Gasteiger partial charge is 0.0627 e. The predicted octanol–water partition coefficient (Wildman–Crippen LogP) is 4.34. The van der Waals surface area contributed by atoms with E-state index in [9.17, 15) is 0 Å². The molecule has 0 fully saturated rings. The molecule has 1 aromatic carbocycles. The van der Waals surface area contributed by atoms with Crippen LogP contribution in [0, 0.1) is 5.92 Å². The molecule has 1 rings (SSSR count). The molecule has 0 radical (unpaired) electrons. The minimum Gasteiger partial charge on any atom is -0.317 e. The van der Waals surface area contributed by atoms with Crippen molar-refractivity contribution in [3.63, 3.8) is 0 Å². The van der Waals surface area contributed by atoms with Gasteiger partial charge in [0.25, 0.3) is 0 Å². The first-order valence-electron chi connectivity index (χ1n) is 5.72. The van der Waals surface area contributed by atoms with Crippen LogP contribution in [0.3, 0.4) is 0 Å². The average molecular weight is 260 g/mol. The van der Waals surface area contributed by atoms with Crippen molar-refractivity contribution >= 4 is 23.2 Å². The lowest BCUT2D eigenvalue weighted by molar-refractivity contribution is 0.454. The zero-order valence-corrected chi connectivity index (χ0v) is 11.6. The van der Waals surface area contributed by atoms with Crippen molar-refractivity contribution in [1.82, 2.24) is 5.32 Å². The van der Waals surface area contributed by atoms with E-state index in [2.05, 4.69) is 32.2 Å². The van der Waals surface area contributed by atoms with Gasteiger partial charge in [0.15, 0.2) is 0 Å². The molecule has 2 unspecified atom stereocenters. The molecule has 90 valence electrons. The van der Waals surface area contributed by atoms with Crippen LogP contribution in [-0.4, -0.2) is 13.1 Å². The maximum Gasteiger partial charge on any atom is 0.0627 e. The summed E-state index contributed by atoms with van der Waals surface area (Å²) in [5.41, 5.74) is 1.14. The Labute approximate surface area is 108 Å². The monoisotopic (exact) mass is 259 g/mol. The van der Waals surface area contributed by atoms with E-state index in [4.69, 9.17) is 23.2 Å². The summed E-state index contributed by atoms with van der Waals surface area (Å²) in [4.78, 5) is 0. The van der Waals surface area contributed by atoms with E-state index in [-0.39, 0.29) is 0 Å². The first-order valence-corrected chi connectivity index (χ1v) is 6.48. The molecule has 0 amide bonds. The van der Waals surface area contributed by atoms with Gasteiger partial charge in [-0.3, -0.25) is 0 Å². The molecule has 0 aliphatic carbocycles. The standard InChI is InChI=1S/C13H19Cl2N/c1-4-16-8-9(2)10(3)11-6-5-7-12(14)13(11)15/h5-7,9-10,16H,4,8H2,1-3H3. The van der Waals surface area contributed by atoms with Gasteiger partial charge in [0.1, 0.15) is 0 Å². The zero-order chi connectivity index (χ0) is 12.1. The third-order valence-electron chi connectivity index (χ3n) is 3.04. The van der Waals surface area contributed by atoms with Gasteiger partial charge in [0, 0.05) is 0 Å². The largest absolute Gasteiger partial charge is 0.317 e. The highest BCUT2D eigenvalue weighted by molar-refractivity contribution is 6.42. The number of benzene rings is 1. The Morgan fingerprint density at radius 1 is 1.25 bits per heavy atom. The lowest BCUT2D eigenvalue weighted by Gasteiger charge is -2.22. The fraction of sp³-hybridized carbons (Fsp3) is 0.538. The maximum atomic E-state index is 6.21. The molecule has 2 atom stereocenters. The Morgan fingerprint density at radius 2 is 1.94 bits per heavy atom. The fourth-order valence-electron chi connectivity index (χ4n) is 1.73. The van der Waals surface area contributed by atoms with Crippen molar-refractivity contribution in [3.05, 3.63) is 33.8 Å². The van der Waals surface area contributed by atoms with Gasteiger partial charge in [-0.05, 0) is 36.6 Å². The van der Waals surface area contributed by atoms with Crippen LogP contribution in [0.4, 0.5) is 0 Å². The summed E-state index contributed by atoms with van der Waals surface area (Å²) in [6, 6.07) is 5.84. The molecule has 0 aliphatic rings. The second-order valence-electron chi connectivity index (χ2n) is 4.22. The van der Waals surface area contributed by atoms with Gasteiger partial charge in [-0.2, -0.15) is 0 Å². The second-order valence-corrected chi connectivity index (χ2v) is 5.00. The minimum atomic E-state index is 0.408. The van der Waals surface area contributed by atoms with E-state index in [0.29, 0.717) is 21.9 Å². The molecule has 0 saturated carbocycles. The molecule has 16 heavy (non-hydrogen) atoms. The van der Waals surface area contributed by atoms with Gasteiger partial charge in [0.2, 0.25) is 0 Å². The molecule has 0 spiro atoms. The Kier molecular flexibility index (Phi) is 5.60. The lowest BCUT2D eigenvalue weighted by Crippen LogP contribution is -2.24. The van der Waals surface area contributed by atoms with Crippen LogP contribution >= 0.6 is 23.2 Å². The van der Waals surface area contributed by atoms with E-state index < -0.39 is 0 Å². The third kappa shape index (κ3) is 3.38. The van der Waals surface area contributed by atoms with Gasteiger partial charge >= 0.3 is 0 Å². The van der Waals surface area contributed by atoms with Crippen molar-refractivity contribution in [3.8, 4) is 0 Å². The molecule has 0 saturated heterocycles. The summed E-state index contributed by atoms with van der Waals surface area (Å²) in [6.07, 6.45) is 0. The van der Waals surface area contributed by atoms with E-state index in [1.807, 2.05) is 12.1 Å². The number of rotatable bonds is 5. The Hall–Kier alpha value is -0.240. The van der Waals surface area contributed by atoms with Crippen LogP contribution < -0.4 is 5.32 Å². The highest BCUT2D eigenvalue weighted by Gasteiger charge is 2.17. The van der Waals surface area contributed by atoms with Gasteiger partial charge < -0.3 is 5.32 Å². The molecule has 0 bridgehead atoms. The van der Waals surface area contributed by atoms with E-state index >= 15 is 0 Å². The summed E-state index contributed by atoms with van der Waals surface area (Å²) in [5.74, 6) is 0.946. The van der Waals surface area contributed by atoms with Crippen LogP contribution in [-0.2, 0) is 0 Å². The Bertz CT molecular complexity index is 339. The topological polar surface area (TPSA) is 12.0 Å². The van der Waals surface area contributed by atoms with E-state index in [0.717, 1.165) is 18.7 Å². The summed E-state index contributed by atoms with van der Waals surface area (Å²) < 4.78 is 0. The quantitative estimate of drug-likeness (QED) is 0.830. The molecule has 1 aromatic rings. The molecule has 3 heteroatoms. The number of hydrogen-bond donors (Lipinski definition) is 1. The summed E-state index contributed by atoms with van der Waals surface area (Å²) in [6.45, 7) is 8.54. The second kappa shape index (κ2) is 6.48. The number of nitrogens with one attached hydrogen (secondary N) is 1. The van der Waals surface area contributed by atoms with Crippen molar-refractivity contribution < 1.29 is 0 Å². The molecular weight excluding hydrogens is 241 g/mol. The van der Waals surface area contributed by atoms with Gasteiger partial charge in [-0.15, -0.1) is 0 Å². The lowest BCUT2D eigenvalue weighted by atomic mass is 9.89. The first kappa shape index (κ1) is 13.8. The van der Waals surface area contributed by atoms with Gasteiger partial charge in [-0.1, -0.05) is 56.1 Å². The van der Waals surface area contributed by atoms with Gasteiger partial charge in [0.05, 0.1) is 10.0 Å². The van der Waals surface area contributed by atoms with Crippen molar-refractivity contribution in [2.75, 3.05) is 13.1 Å². The predicted molar refractivity (Wildman–Crippen MR) is 72.6 cm³/mol. The van der Waals surface area contributed by atoms with Crippen LogP contribution in [0.1, 0.15) is 32.3 Å². The molecule has 1 N–H and O–H groups in total. The van der Waals surface area contributed by atoms with Crippen LogP contribution in [0.25, 0.3) is 0 Å². The average Bonchev–Trinajstić information content (AvgIpc) is 2.28. The van der Waals surface area contributed by atoms with Crippen molar-refractivity contribution in [2.24, 2.45) is 5.92 Å². The highest BCUT2D eigenvalue weighted by atomic mass is 35.5. The number of halogens is 2. The SMILES string of the molecule is CCNCC(C)C(C)c1cccc(Cl)c1Cl. The van der Waals surface area contributed by atoms with E-state index in [1.54, 1.807) is 0 Å². The Balaban J connectivity index is 2.79. The molecule has 0 aromatic heterocycles. The molecule has 0 heterocycles. The number of hydrogen-bond acceptors (Lipinski definition) is 1. The van der Waals surface area contributed by atoms with Crippen molar-refractivity contribution in [2.45, 2.75) is 26.7 Å². The van der Waals surface area contributed by atoms with Crippen molar-refractivity contribution in [1.29, 1.82) is 0 Å². The summed E-state index contributed by atoms with van der Waals surface area (Å²) >= 11 is 12.2. The maximum absolute atomic E-state index is 6.21.